The molecule has 80 valence electrons. The van der Waals surface area contributed by atoms with Gasteiger partial charge in [0.25, 0.3) is 0 Å². The van der Waals surface area contributed by atoms with Gasteiger partial charge < -0.3 is 14.7 Å². The maximum Gasteiger partial charge on any atom is 0.466 e. The summed E-state index contributed by atoms with van der Waals surface area (Å²) in [6.45, 7) is 0. The van der Waals surface area contributed by atoms with Crippen LogP contribution in [0, 0.1) is 0 Å². The minimum Gasteiger partial charge on any atom is -0.303 e. The highest BCUT2D eigenvalue weighted by Gasteiger charge is 2.00. The van der Waals surface area contributed by atoms with E-state index in [9.17, 15) is 0 Å². The van der Waals surface area contributed by atoms with Crippen molar-refractivity contribution in [3.05, 3.63) is 0 Å². The van der Waals surface area contributed by atoms with Gasteiger partial charge in [-0.25, -0.2) is 4.57 Å². The summed E-state index contributed by atoms with van der Waals surface area (Å²) < 4.78 is 8.88. The van der Waals surface area contributed by atoms with E-state index in [1.807, 2.05) is 0 Å². The lowest BCUT2D eigenvalue weighted by Gasteiger charge is -1.82. The summed E-state index contributed by atoms with van der Waals surface area (Å²) in [5.74, 6) is 0. The van der Waals surface area contributed by atoms with E-state index in [0.29, 0.717) is 0 Å². The predicted octanol–water partition coefficient (Wildman–Crippen LogP) is 1.06. The number of phosphoric acid groups is 1. The Hall–Kier alpha value is 1.13. The van der Waals surface area contributed by atoms with Crippen molar-refractivity contribution in [2.45, 2.75) is 0 Å². The van der Waals surface area contributed by atoms with Crippen LogP contribution in [-0.2, 0) is 4.57 Å². The van der Waals surface area contributed by atoms with Crippen molar-refractivity contribution in [1.29, 1.82) is 0 Å². The first-order valence-corrected chi connectivity index (χ1v) is 2.35. The van der Waals surface area contributed by atoms with Crippen LogP contribution in [0.5, 0.6) is 0 Å². The third kappa shape index (κ3) is 727. The van der Waals surface area contributed by atoms with E-state index < -0.39 is 7.82 Å². The highest BCUT2D eigenvalue weighted by molar-refractivity contribution is 7.45. The number of rotatable bonds is 0. The van der Waals surface area contributed by atoms with Crippen LogP contribution in [0.2, 0.25) is 0 Å². The molecule has 4 nitrogen and oxygen atoms in total. The van der Waals surface area contributed by atoms with E-state index in [1.54, 1.807) is 0 Å². The molecule has 0 atom stereocenters. The van der Waals surface area contributed by atoms with E-state index >= 15 is 0 Å². The SMILES string of the molecule is Cl.Cl.Cl.Cl.F.F.O=P(O)(O)O. The summed E-state index contributed by atoms with van der Waals surface area (Å²) in [6.07, 6.45) is 0. The molecule has 0 rings (SSSR count). The molecule has 0 aliphatic carbocycles. The Kier molecular flexibility index (Phi) is 117. The van der Waals surface area contributed by atoms with Crippen molar-refractivity contribution >= 4 is 57.5 Å². The van der Waals surface area contributed by atoms with Gasteiger partial charge in [0.2, 0.25) is 0 Å². The first kappa shape index (κ1) is 57.1. The van der Waals surface area contributed by atoms with Crippen LogP contribution >= 0.6 is 57.5 Å². The summed E-state index contributed by atoms with van der Waals surface area (Å²) in [7, 11) is -4.64. The first-order chi connectivity index (χ1) is 2.00. The molecule has 0 unspecified atom stereocenters. The van der Waals surface area contributed by atoms with Gasteiger partial charge in [-0.2, -0.15) is 0 Å². The Morgan fingerprint density at radius 3 is 0.727 bits per heavy atom. The number of hydrogen-bond acceptors (Lipinski definition) is 1. The van der Waals surface area contributed by atoms with Gasteiger partial charge in [0, 0.05) is 0 Å². The largest absolute Gasteiger partial charge is 0.466 e. The molecule has 0 saturated heterocycles. The molecule has 0 aromatic carbocycles. The van der Waals surface area contributed by atoms with Crippen molar-refractivity contribution < 1.29 is 28.7 Å². The molecule has 0 fully saturated rings. The van der Waals surface area contributed by atoms with Crippen LogP contribution in [0.3, 0.4) is 0 Å². The molecule has 3 N–H and O–H groups in total. The monoisotopic (exact) mass is 282 g/mol. The third-order valence-corrected chi connectivity index (χ3v) is 0. The summed E-state index contributed by atoms with van der Waals surface area (Å²) in [5.41, 5.74) is 0. The number of halogens is 6. The molecule has 0 spiro atoms. The summed E-state index contributed by atoms with van der Waals surface area (Å²) in [5, 5.41) is 0. The number of hydrogen-bond donors (Lipinski definition) is 3. The van der Waals surface area contributed by atoms with Crippen molar-refractivity contribution in [3.8, 4) is 0 Å². The maximum absolute atomic E-state index is 8.88. The van der Waals surface area contributed by atoms with E-state index in [4.69, 9.17) is 19.2 Å². The molecule has 0 saturated carbocycles. The zero-order valence-electron chi connectivity index (χ0n) is 4.65. The van der Waals surface area contributed by atoms with Crippen molar-refractivity contribution in [3.63, 3.8) is 0 Å². The molecular weight excluding hydrogens is 275 g/mol. The van der Waals surface area contributed by atoms with Crippen LogP contribution in [0.4, 0.5) is 9.41 Å². The van der Waals surface area contributed by atoms with Crippen LogP contribution in [0.15, 0.2) is 0 Å². The molecule has 0 aromatic heterocycles. The molecule has 0 aromatic rings. The topological polar surface area (TPSA) is 77.8 Å². The zero-order chi connectivity index (χ0) is 4.50. The van der Waals surface area contributed by atoms with E-state index in [-0.39, 0.29) is 59.0 Å². The van der Waals surface area contributed by atoms with Crippen LogP contribution < -0.4 is 0 Å². The maximum atomic E-state index is 8.88. The Balaban J connectivity index is -0.00000000533. The minimum absolute atomic E-state index is 0. The molecular formula is H9Cl4F2O4P. The van der Waals surface area contributed by atoms with E-state index in [2.05, 4.69) is 0 Å². The van der Waals surface area contributed by atoms with Crippen LogP contribution in [0.25, 0.3) is 0 Å². The Bertz CT molecular complexity index is 66.2. The molecule has 0 aliphatic heterocycles. The Labute approximate surface area is 86.4 Å². The second-order valence-corrected chi connectivity index (χ2v) is 1.54. The smallest absolute Gasteiger partial charge is 0.303 e. The summed E-state index contributed by atoms with van der Waals surface area (Å²) >= 11 is 0. The second-order valence-electron chi connectivity index (χ2n) is 0.513. The Morgan fingerprint density at radius 1 is 0.727 bits per heavy atom. The van der Waals surface area contributed by atoms with E-state index in [0.717, 1.165) is 0 Å². The van der Waals surface area contributed by atoms with Crippen LogP contribution in [-0.4, -0.2) is 14.7 Å². The summed E-state index contributed by atoms with van der Waals surface area (Å²) in [6, 6.07) is 0. The standard InChI is InChI=1S/4ClH.2FH.H3O4P/c;;;;;;1-5(2,3)4/h6*1H;(H3,1,2,3,4). The quantitative estimate of drug-likeness (QED) is 0.581. The molecule has 11 heteroatoms. The lowest BCUT2D eigenvalue weighted by atomic mass is 15.8. The predicted molar refractivity (Wildman–Crippen MR) is 48.3 cm³/mol. The van der Waals surface area contributed by atoms with Crippen molar-refractivity contribution in [1.82, 2.24) is 0 Å². The Morgan fingerprint density at radius 2 is 0.727 bits per heavy atom. The second kappa shape index (κ2) is 22.5. The highest BCUT2D eigenvalue weighted by atomic mass is 35.5. The van der Waals surface area contributed by atoms with Crippen molar-refractivity contribution in [2.24, 2.45) is 0 Å². The minimum atomic E-state index is -4.64. The van der Waals surface area contributed by atoms with Gasteiger partial charge >= 0.3 is 7.82 Å². The summed E-state index contributed by atoms with van der Waals surface area (Å²) in [4.78, 5) is 21.6. The van der Waals surface area contributed by atoms with Gasteiger partial charge in [-0.1, -0.05) is 0 Å². The fourth-order valence-corrected chi connectivity index (χ4v) is 0. The van der Waals surface area contributed by atoms with Crippen molar-refractivity contribution in [2.75, 3.05) is 0 Å². The van der Waals surface area contributed by atoms with E-state index in [1.165, 1.54) is 0 Å². The van der Waals surface area contributed by atoms with Gasteiger partial charge in [0.05, 0.1) is 0 Å². The molecule has 0 heterocycles. The first-order valence-electron chi connectivity index (χ1n) is 0.783. The molecule has 0 bridgehead atoms. The molecule has 0 aliphatic rings. The normalized spacial score (nSPS) is 5.36. The van der Waals surface area contributed by atoms with Crippen LogP contribution in [0.1, 0.15) is 0 Å². The van der Waals surface area contributed by atoms with Gasteiger partial charge in [-0.05, 0) is 0 Å². The molecule has 0 amide bonds. The van der Waals surface area contributed by atoms with Gasteiger partial charge in [-0.3, -0.25) is 9.41 Å². The zero-order valence-corrected chi connectivity index (χ0v) is 8.81. The van der Waals surface area contributed by atoms with Gasteiger partial charge in [0.1, 0.15) is 0 Å². The molecule has 0 radical (unpaired) electrons. The highest BCUT2D eigenvalue weighted by Crippen LogP contribution is 2.25. The third-order valence-electron chi connectivity index (χ3n) is 0. The lowest BCUT2D eigenvalue weighted by molar-refractivity contribution is 0.275. The fourth-order valence-electron chi connectivity index (χ4n) is 0. The van der Waals surface area contributed by atoms with Gasteiger partial charge in [0.15, 0.2) is 0 Å². The van der Waals surface area contributed by atoms with Gasteiger partial charge in [-0.15, -0.1) is 49.6 Å². The molecule has 11 heavy (non-hydrogen) atoms. The average molecular weight is 284 g/mol. The average Bonchev–Trinajstić information content (AvgIpc) is 0.722. The lowest BCUT2D eigenvalue weighted by Crippen LogP contribution is -1.66. The fraction of sp³-hybridized carbons (Fsp3) is 0.